The van der Waals surface area contributed by atoms with Gasteiger partial charge in [0.05, 0.1) is 17.4 Å². The average Bonchev–Trinajstić information content (AvgIpc) is 3.69. The van der Waals surface area contributed by atoms with Gasteiger partial charge in [-0.05, 0) is 85.4 Å². The summed E-state index contributed by atoms with van der Waals surface area (Å²) in [6.07, 6.45) is 4.91. The largest absolute Gasteiger partial charge is 0.271 e. The normalized spacial score (nSPS) is 25.1. The van der Waals surface area contributed by atoms with Gasteiger partial charge in [0.25, 0.3) is 17.7 Å². The first-order valence-electron chi connectivity index (χ1n) is 14.5. The molecule has 0 N–H and O–H groups in total. The van der Waals surface area contributed by atoms with Gasteiger partial charge in [-0.25, -0.2) is 9.91 Å². The molecule has 2 fully saturated rings. The highest BCUT2D eigenvalue weighted by Gasteiger charge is 2.55. The minimum absolute atomic E-state index is 0.0234. The van der Waals surface area contributed by atoms with Crippen LogP contribution in [0.1, 0.15) is 42.0 Å². The van der Waals surface area contributed by atoms with Crippen molar-refractivity contribution in [2.75, 3.05) is 11.4 Å². The lowest BCUT2D eigenvalue weighted by Gasteiger charge is -2.30. The molecule has 4 atom stereocenters. The molecule has 1 saturated heterocycles. The van der Waals surface area contributed by atoms with E-state index in [2.05, 4.69) is 60.4 Å². The Morgan fingerprint density at radius 2 is 1.59 bits per heavy atom. The van der Waals surface area contributed by atoms with Gasteiger partial charge in [-0.15, -0.1) is 0 Å². The predicted molar refractivity (Wildman–Crippen MR) is 173 cm³/mol. The van der Waals surface area contributed by atoms with Crippen LogP contribution in [-0.4, -0.2) is 52.1 Å². The van der Waals surface area contributed by atoms with Crippen molar-refractivity contribution in [3.8, 4) is 0 Å². The first-order chi connectivity index (χ1) is 21.3. The van der Waals surface area contributed by atoms with Crippen molar-refractivity contribution in [2.45, 2.75) is 44.3 Å². The number of aryl methyl sites for hydroxylation is 1. The van der Waals surface area contributed by atoms with Crippen LogP contribution in [0.15, 0.2) is 103 Å². The summed E-state index contributed by atoms with van der Waals surface area (Å²) in [4.78, 5) is 42.0. The summed E-state index contributed by atoms with van der Waals surface area (Å²) < 4.78 is 1.96. The SMILES string of the molecule is Cc1ccc(N2C(=O)C3N=NN(CC(=O)N4N=C5/C(=C/c6ccc(Br)cc6)CCCC5C4c4ccc(Br)cc4)C3C2=O)cc1. The topological polar surface area (TPSA) is 98.0 Å². The van der Waals surface area contributed by atoms with E-state index in [0.29, 0.717) is 5.69 Å². The van der Waals surface area contributed by atoms with Gasteiger partial charge in [0, 0.05) is 14.9 Å². The number of nitrogens with zero attached hydrogens (tertiary/aromatic N) is 6. The fourth-order valence-electron chi connectivity index (χ4n) is 6.47. The summed E-state index contributed by atoms with van der Waals surface area (Å²) in [6.45, 7) is 1.71. The number of imide groups is 1. The van der Waals surface area contributed by atoms with Gasteiger partial charge >= 0.3 is 0 Å². The molecule has 0 spiro atoms. The Morgan fingerprint density at radius 3 is 2.30 bits per heavy atom. The molecule has 11 heteroatoms. The molecule has 3 aliphatic heterocycles. The Balaban J connectivity index is 1.18. The van der Waals surface area contributed by atoms with Crippen molar-refractivity contribution in [2.24, 2.45) is 21.4 Å². The van der Waals surface area contributed by atoms with Gasteiger partial charge in [0.15, 0.2) is 12.1 Å². The summed E-state index contributed by atoms with van der Waals surface area (Å²) in [5, 5.41) is 16.1. The molecule has 4 unspecified atom stereocenters. The lowest BCUT2D eigenvalue weighted by molar-refractivity contribution is -0.136. The van der Waals surface area contributed by atoms with E-state index in [1.807, 2.05) is 55.5 Å². The number of carbonyl (C=O) groups is 3. The highest BCUT2D eigenvalue weighted by atomic mass is 79.9. The molecule has 1 saturated carbocycles. The monoisotopic (exact) mass is 714 g/mol. The van der Waals surface area contributed by atoms with E-state index in [9.17, 15) is 14.4 Å². The number of benzene rings is 3. The van der Waals surface area contributed by atoms with Crippen LogP contribution < -0.4 is 4.90 Å². The number of carbonyl (C=O) groups excluding carboxylic acids is 3. The summed E-state index contributed by atoms with van der Waals surface area (Å²) in [5.41, 5.74) is 5.59. The molecule has 3 amide bonds. The molecule has 44 heavy (non-hydrogen) atoms. The minimum Gasteiger partial charge on any atom is -0.271 e. The summed E-state index contributed by atoms with van der Waals surface area (Å²) in [6, 6.07) is 21.0. The minimum atomic E-state index is -0.980. The van der Waals surface area contributed by atoms with E-state index in [-0.39, 0.29) is 24.4 Å². The van der Waals surface area contributed by atoms with Crippen LogP contribution in [0.4, 0.5) is 5.69 Å². The fourth-order valence-corrected chi connectivity index (χ4v) is 7.00. The van der Waals surface area contributed by atoms with Crippen LogP contribution in [0.5, 0.6) is 0 Å². The summed E-state index contributed by atoms with van der Waals surface area (Å²) in [7, 11) is 0. The van der Waals surface area contributed by atoms with E-state index < -0.39 is 23.9 Å². The van der Waals surface area contributed by atoms with Crippen LogP contribution in [0.2, 0.25) is 0 Å². The second-order valence-corrected chi connectivity index (χ2v) is 13.3. The zero-order chi connectivity index (χ0) is 30.5. The van der Waals surface area contributed by atoms with Crippen molar-refractivity contribution in [1.29, 1.82) is 0 Å². The van der Waals surface area contributed by atoms with Gasteiger partial charge < -0.3 is 0 Å². The summed E-state index contributed by atoms with van der Waals surface area (Å²) >= 11 is 7.03. The standard InChI is InChI=1S/C33H28Br2N6O3/c1-19-5-15-25(16-6-19)40-32(43)29-31(33(40)44)39(38-36-29)18-27(42)41-30(21-9-13-24(35)14-10-21)26-4-2-3-22(28(26)37-41)17-20-7-11-23(34)12-8-20/h5-17,26,29-31H,2-4,18H2,1H3/b22-17+. The Hall–Kier alpha value is -3.96. The highest BCUT2D eigenvalue weighted by Crippen LogP contribution is 2.45. The first kappa shape index (κ1) is 28.8. The van der Waals surface area contributed by atoms with Crippen molar-refractivity contribution in [3.05, 3.63) is 104 Å². The molecule has 0 aromatic heterocycles. The molecule has 1 aliphatic carbocycles. The van der Waals surface area contributed by atoms with Crippen LogP contribution in [0, 0.1) is 12.8 Å². The third-order valence-electron chi connectivity index (χ3n) is 8.63. The number of hydrazone groups is 1. The second-order valence-electron chi connectivity index (χ2n) is 11.5. The molecular formula is C33H28Br2N6O3. The molecular weight excluding hydrogens is 688 g/mol. The number of amides is 3. The van der Waals surface area contributed by atoms with Gasteiger partial charge in [-0.3, -0.25) is 19.4 Å². The number of allylic oxidation sites excluding steroid dienone is 1. The number of hydrogen-bond donors (Lipinski definition) is 0. The molecule has 3 aromatic rings. The zero-order valence-electron chi connectivity index (χ0n) is 23.8. The summed E-state index contributed by atoms with van der Waals surface area (Å²) in [5.74, 6) is -1.16. The van der Waals surface area contributed by atoms with Gasteiger partial charge in [0.2, 0.25) is 0 Å². The molecule has 7 rings (SSSR count). The molecule has 3 aromatic carbocycles. The van der Waals surface area contributed by atoms with Crippen molar-refractivity contribution >= 4 is 67.1 Å². The third kappa shape index (κ3) is 5.11. The van der Waals surface area contributed by atoms with Crippen LogP contribution in [0.25, 0.3) is 6.08 Å². The Bertz CT molecular complexity index is 1740. The molecule has 0 bridgehead atoms. The first-order valence-corrected chi connectivity index (χ1v) is 16.1. The predicted octanol–water partition coefficient (Wildman–Crippen LogP) is 6.64. The second kappa shape index (κ2) is 11.5. The molecule has 4 aliphatic rings. The van der Waals surface area contributed by atoms with E-state index >= 15 is 0 Å². The van der Waals surface area contributed by atoms with Crippen molar-refractivity contribution in [1.82, 2.24) is 10.0 Å². The lowest BCUT2D eigenvalue weighted by Crippen LogP contribution is -2.45. The Labute approximate surface area is 271 Å². The van der Waals surface area contributed by atoms with Gasteiger partial charge in [0.1, 0.15) is 6.54 Å². The maximum atomic E-state index is 14.1. The zero-order valence-corrected chi connectivity index (χ0v) is 27.0. The lowest BCUT2D eigenvalue weighted by atomic mass is 9.77. The highest BCUT2D eigenvalue weighted by molar-refractivity contribution is 9.10. The van der Waals surface area contributed by atoms with E-state index in [4.69, 9.17) is 5.10 Å². The maximum absolute atomic E-state index is 14.1. The number of rotatable bonds is 5. The number of halogens is 2. The third-order valence-corrected chi connectivity index (χ3v) is 9.68. The Kier molecular flexibility index (Phi) is 7.54. The molecule has 0 radical (unpaired) electrons. The van der Waals surface area contributed by atoms with Crippen molar-refractivity contribution in [3.63, 3.8) is 0 Å². The molecule has 9 nitrogen and oxygen atoms in total. The average molecular weight is 716 g/mol. The van der Waals surface area contributed by atoms with E-state index in [0.717, 1.165) is 61.1 Å². The van der Waals surface area contributed by atoms with Crippen LogP contribution in [-0.2, 0) is 14.4 Å². The maximum Gasteiger partial charge on any atom is 0.264 e. The van der Waals surface area contributed by atoms with Gasteiger partial charge in [-0.2, -0.15) is 10.2 Å². The molecule has 222 valence electrons. The van der Waals surface area contributed by atoms with Crippen LogP contribution >= 0.6 is 31.9 Å². The quantitative estimate of drug-likeness (QED) is 0.277. The van der Waals surface area contributed by atoms with Gasteiger partial charge in [-0.1, -0.05) is 79.0 Å². The molecule has 3 heterocycles. The number of anilines is 1. The smallest absolute Gasteiger partial charge is 0.264 e. The Morgan fingerprint density at radius 1 is 0.909 bits per heavy atom. The van der Waals surface area contributed by atoms with E-state index in [1.54, 1.807) is 17.1 Å². The van der Waals surface area contributed by atoms with E-state index in [1.165, 1.54) is 5.01 Å². The van der Waals surface area contributed by atoms with Crippen molar-refractivity contribution < 1.29 is 14.4 Å². The number of fused-ring (bicyclic) bond motifs is 2. The van der Waals surface area contributed by atoms with Crippen LogP contribution in [0.3, 0.4) is 0 Å². The fraction of sp³-hybridized carbons (Fsp3) is 0.273. The number of hydrogen-bond acceptors (Lipinski definition) is 7.